The fraction of sp³-hybridized carbons (Fsp3) is 0.421. The lowest BCUT2D eigenvalue weighted by atomic mass is 10.1. The molecular formula is C19H20Br2N2O2S. The monoisotopic (exact) mass is 498 g/mol. The van der Waals surface area contributed by atoms with E-state index in [1.54, 1.807) is 7.11 Å². The van der Waals surface area contributed by atoms with Crippen LogP contribution in [0.2, 0.25) is 0 Å². The molecule has 0 N–H and O–H groups in total. The van der Waals surface area contributed by atoms with E-state index in [-0.39, 0.29) is 5.91 Å². The molecule has 4 nitrogen and oxygen atoms in total. The van der Waals surface area contributed by atoms with Crippen LogP contribution in [0.15, 0.2) is 32.5 Å². The summed E-state index contributed by atoms with van der Waals surface area (Å²) in [7, 11) is 1.72. The van der Waals surface area contributed by atoms with Crippen LogP contribution in [0.1, 0.15) is 33.3 Å². The number of thiophene rings is 1. The number of fused-ring (bicyclic) bond motifs is 1. The maximum absolute atomic E-state index is 12.7. The lowest BCUT2D eigenvalue weighted by Crippen LogP contribution is -2.49. The maximum Gasteiger partial charge on any atom is 0.264 e. The number of hydrogen-bond donors (Lipinski definition) is 0. The van der Waals surface area contributed by atoms with Gasteiger partial charge in [-0.15, -0.1) is 11.3 Å². The number of halogens is 2. The first-order valence-corrected chi connectivity index (χ1v) is 11.1. The van der Waals surface area contributed by atoms with Crippen molar-refractivity contribution in [3.8, 4) is 5.75 Å². The molecule has 0 radical (unpaired) electrons. The van der Waals surface area contributed by atoms with Crippen LogP contribution in [-0.4, -0.2) is 49.0 Å². The van der Waals surface area contributed by atoms with Gasteiger partial charge in [0.05, 0.1) is 15.8 Å². The number of methoxy groups -OCH3 is 1. The van der Waals surface area contributed by atoms with Gasteiger partial charge < -0.3 is 9.64 Å². The summed E-state index contributed by atoms with van der Waals surface area (Å²) >= 11 is 8.42. The van der Waals surface area contributed by atoms with E-state index in [9.17, 15) is 4.79 Å². The molecule has 2 aliphatic rings. The minimum Gasteiger partial charge on any atom is -0.497 e. The molecule has 7 heteroatoms. The highest BCUT2D eigenvalue weighted by Crippen LogP contribution is 2.38. The average molecular weight is 500 g/mol. The van der Waals surface area contributed by atoms with Crippen LogP contribution in [0.4, 0.5) is 0 Å². The fourth-order valence-corrected chi connectivity index (χ4v) is 5.91. The maximum atomic E-state index is 12.7. The Morgan fingerprint density at radius 2 is 1.96 bits per heavy atom. The Kier molecular flexibility index (Phi) is 5.41. The largest absolute Gasteiger partial charge is 0.497 e. The molecule has 2 aromatic rings. The van der Waals surface area contributed by atoms with Gasteiger partial charge in [-0.25, -0.2) is 0 Å². The van der Waals surface area contributed by atoms with Crippen LogP contribution in [0, 0.1) is 0 Å². The van der Waals surface area contributed by atoms with Crippen molar-refractivity contribution < 1.29 is 9.53 Å². The van der Waals surface area contributed by atoms with Gasteiger partial charge >= 0.3 is 0 Å². The third kappa shape index (κ3) is 3.46. The van der Waals surface area contributed by atoms with Crippen LogP contribution in [0.25, 0.3) is 0 Å². The van der Waals surface area contributed by atoms with Gasteiger partial charge in [-0.3, -0.25) is 9.69 Å². The van der Waals surface area contributed by atoms with Crippen LogP contribution in [0.3, 0.4) is 0 Å². The first kappa shape index (κ1) is 18.5. The molecule has 4 rings (SSSR count). The third-order valence-electron chi connectivity index (χ3n) is 5.30. The Morgan fingerprint density at radius 3 is 2.62 bits per heavy atom. The van der Waals surface area contributed by atoms with Crippen molar-refractivity contribution in [2.24, 2.45) is 0 Å². The molecule has 0 spiro atoms. The van der Waals surface area contributed by atoms with E-state index < -0.39 is 0 Å². The van der Waals surface area contributed by atoms with Gasteiger partial charge in [-0.2, -0.15) is 0 Å². The standard InChI is InChI=1S/C19H20Br2N2O2S/c1-25-13-4-2-12-3-5-16(14(12)10-13)22-6-8-23(9-7-22)19(24)17-11-15(20)18(21)26-17/h2,4,10-11,16H,3,5-9H2,1H3. The number of carbonyl (C=O) groups is 1. The molecular weight excluding hydrogens is 480 g/mol. The molecule has 1 aliphatic carbocycles. The van der Waals surface area contributed by atoms with Crippen LogP contribution in [0.5, 0.6) is 5.75 Å². The molecule has 1 amide bonds. The minimum absolute atomic E-state index is 0.134. The Bertz CT molecular complexity index is 811. The molecule has 26 heavy (non-hydrogen) atoms. The Balaban J connectivity index is 1.43. The van der Waals surface area contributed by atoms with Gasteiger partial charge in [0.1, 0.15) is 5.75 Å². The second-order valence-corrected chi connectivity index (χ2v) is 9.90. The van der Waals surface area contributed by atoms with Gasteiger partial charge in [0, 0.05) is 36.7 Å². The lowest BCUT2D eigenvalue weighted by molar-refractivity contribution is 0.0572. The first-order chi connectivity index (χ1) is 12.6. The molecule has 1 aliphatic heterocycles. The predicted molar refractivity (Wildman–Crippen MR) is 111 cm³/mol. The summed E-state index contributed by atoms with van der Waals surface area (Å²) in [5, 5.41) is 0. The van der Waals surface area contributed by atoms with E-state index in [1.807, 2.05) is 11.0 Å². The second-order valence-electron chi connectivity index (χ2n) is 6.68. The number of hydrogen-bond acceptors (Lipinski definition) is 4. The fourth-order valence-electron chi connectivity index (χ4n) is 3.91. The van der Waals surface area contributed by atoms with Crippen molar-refractivity contribution in [2.45, 2.75) is 18.9 Å². The zero-order chi connectivity index (χ0) is 18.3. The number of aryl methyl sites for hydroxylation is 1. The van der Waals surface area contributed by atoms with Gasteiger partial charge in [0.15, 0.2) is 0 Å². The van der Waals surface area contributed by atoms with Gasteiger partial charge in [-0.1, -0.05) is 6.07 Å². The molecule has 1 unspecified atom stereocenters. The van der Waals surface area contributed by atoms with Gasteiger partial charge in [0.2, 0.25) is 0 Å². The van der Waals surface area contributed by atoms with Crippen LogP contribution in [-0.2, 0) is 6.42 Å². The molecule has 1 aromatic heterocycles. The smallest absolute Gasteiger partial charge is 0.264 e. The zero-order valence-corrected chi connectivity index (χ0v) is 18.5. The molecule has 0 saturated carbocycles. The third-order valence-corrected chi connectivity index (χ3v) is 8.54. The summed E-state index contributed by atoms with van der Waals surface area (Å²) in [4.78, 5) is 18.0. The Labute approximate surface area is 174 Å². The first-order valence-electron chi connectivity index (χ1n) is 8.72. The topological polar surface area (TPSA) is 32.8 Å². The summed E-state index contributed by atoms with van der Waals surface area (Å²) in [6.45, 7) is 3.39. The molecule has 1 atom stereocenters. The van der Waals surface area contributed by atoms with E-state index in [4.69, 9.17) is 4.74 Å². The van der Waals surface area contributed by atoms with E-state index in [0.29, 0.717) is 6.04 Å². The number of carbonyl (C=O) groups excluding carboxylic acids is 1. The van der Waals surface area contributed by atoms with Crippen LogP contribution >= 0.6 is 43.2 Å². The summed E-state index contributed by atoms with van der Waals surface area (Å²) in [5.74, 6) is 1.06. The summed E-state index contributed by atoms with van der Waals surface area (Å²) < 4.78 is 7.32. The highest BCUT2D eigenvalue weighted by atomic mass is 79.9. The van der Waals surface area contributed by atoms with Crippen molar-refractivity contribution in [3.63, 3.8) is 0 Å². The number of ether oxygens (including phenoxy) is 1. The van der Waals surface area contributed by atoms with Crippen molar-refractivity contribution in [1.82, 2.24) is 9.80 Å². The van der Waals surface area contributed by atoms with E-state index in [0.717, 1.165) is 57.9 Å². The minimum atomic E-state index is 0.134. The van der Waals surface area contributed by atoms with E-state index >= 15 is 0 Å². The normalized spacial score (nSPS) is 20.3. The van der Waals surface area contributed by atoms with Crippen molar-refractivity contribution in [2.75, 3.05) is 33.3 Å². The lowest BCUT2D eigenvalue weighted by Gasteiger charge is -2.38. The van der Waals surface area contributed by atoms with Crippen molar-refractivity contribution >= 4 is 49.1 Å². The number of rotatable bonds is 3. The summed E-state index contributed by atoms with van der Waals surface area (Å²) in [6.07, 6.45) is 2.28. The number of benzene rings is 1. The number of piperazine rings is 1. The van der Waals surface area contributed by atoms with Gasteiger partial charge in [-0.05, 0) is 74.0 Å². The summed E-state index contributed by atoms with van der Waals surface area (Å²) in [6, 6.07) is 8.78. The Morgan fingerprint density at radius 1 is 1.19 bits per heavy atom. The highest BCUT2D eigenvalue weighted by molar-refractivity contribution is 9.13. The number of amides is 1. The van der Waals surface area contributed by atoms with Crippen molar-refractivity contribution in [3.05, 3.63) is 48.5 Å². The summed E-state index contributed by atoms with van der Waals surface area (Å²) in [5.41, 5.74) is 2.83. The molecule has 0 bridgehead atoms. The SMILES string of the molecule is COc1ccc2c(c1)C(N1CCN(C(=O)c3cc(Br)c(Br)s3)CC1)CC2. The van der Waals surface area contributed by atoms with E-state index in [1.165, 1.54) is 22.5 Å². The van der Waals surface area contributed by atoms with Crippen molar-refractivity contribution in [1.29, 1.82) is 0 Å². The molecule has 1 fully saturated rings. The molecule has 1 aromatic carbocycles. The predicted octanol–water partition coefficient (Wildman–Crippen LogP) is 4.73. The molecule has 138 valence electrons. The highest BCUT2D eigenvalue weighted by Gasteiger charge is 2.32. The zero-order valence-electron chi connectivity index (χ0n) is 14.5. The molecule has 2 heterocycles. The van der Waals surface area contributed by atoms with E-state index in [2.05, 4.69) is 55.0 Å². The van der Waals surface area contributed by atoms with Gasteiger partial charge in [0.25, 0.3) is 5.91 Å². The van der Waals surface area contributed by atoms with Crippen LogP contribution < -0.4 is 4.74 Å². The number of nitrogens with zero attached hydrogens (tertiary/aromatic N) is 2. The second kappa shape index (κ2) is 7.62. The molecule has 1 saturated heterocycles. The Hall–Kier alpha value is -0.890. The quantitative estimate of drug-likeness (QED) is 0.612. The average Bonchev–Trinajstić information content (AvgIpc) is 3.24.